The zero-order valence-electron chi connectivity index (χ0n) is 14.8. The highest BCUT2D eigenvalue weighted by atomic mass is 16.4. The average molecular weight is 363 g/mol. The van der Waals surface area contributed by atoms with Crippen LogP contribution >= 0.6 is 0 Å². The Morgan fingerprint density at radius 2 is 1.56 bits per heavy atom. The second kappa shape index (κ2) is 8.54. The van der Waals surface area contributed by atoms with E-state index in [1.807, 2.05) is 60.7 Å². The summed E-state index contributed by atoms with van der Waals surface area (Å²) in [6, 6.07) is 17.7. The zero-order valence-corrected chi connectivity index (χ0v) is 14.8. The first-order chi connectivity index (χ1) is 13.0. The third kappa shape index (κ3) is 4.76. The van der Waals surface area contributed by atoms with Crippen molar-refractivity contribution >= 4 is 23.8 Å². The van der Waals surface area contributed by atoms with Crippen molar-refractivity contribution < 1.29 is 19.5 Å². The quantitative estimate of drug-likeness (QED) is 0.631. The number of nitrogens with zero attached hydrogens (tertiary/aromatic N) is 1. The molecule has 5 nitrogen and oxygen atoms in total. The number of rotatable bonds is 6. The minimum absolute atomic E-state index is 0.115. The summed E-state index contributed by atoms with van der Waals surface area (Å²) in [5, 5.41) is 9.40. The summed E-state index contributed by atoms with van der Waals surface area (Å²) in [4.78, 5) is 40.5. The van der Waals surface area contributed by atoms with E-state index in [2.05, 4.69) is 4.99 Å². The maximum atomic E-state index is 12.5. The monoisotopic (exact) mass is 363 g/mol. The standard InChI is InChI=1S/C22H21NO4/c24-20-12-17(16-9-5-2-6-10-16)13-21(25)18(20)14-23-19(22(26)27)11-15-7-3-1-4-8-15/h1-10,14,17-19H,11-13H2,(H,26,27)/t17?,18?,19-/m0/s1. The number of hydrogen-bond acceptors (Lipinski definition) is 4. The number of hydrogen-bond donors (Lipinski definition) is 1. The molecular weight excluding hydrogens is 342 g/mol. The Balaban J connectivity index is 1.69. The molecule has 138 valence electrons. The molecule has 0 aliphatic heterocycles. The molecule has 1 fully saturated rings. The molecule has 27 heavy (non-hydrogen) atoms. The molecule has 0 radical (unpaired) electrons. The van der Waals surface area contributed by atoms with Crippen molar-refractivity contribution in [3.63, 3.8) is 0 Å². The smallest absolute Gasteiger partial charge is 0.328 e. The lowest BCUT2D eigenvalue weighted by Gasteiger charge is -2.24. The van der Waals surface area contributed by atoms with E-state index in [1.165, 1.54) is 6.21 Å². The molecule has 1 atom stereocenters. The summed E-state index contributed by atoms with van der Waals surface area (Å²) >= 11 is 0. The first-order valence-corrected chi connectivity index (χ1v) is 8.95. The fraction of sp³-hybridized carbons (Fsp3) is 0.273. The molecule has 2 aromatic rings. The summed E-state index contributed by atoms with van der Waals surface area (Å²) in [6.45, 7) is 0. The van der Waals surface area contributed by atoms with Gasteiger partial charge in [-0.25, -0.2) is 4.79 Å². The second-order valence-corrected chi connectivity index (χ2v) is 6.77. The van der Waals surface area contributed by atoms with Crippen molar-refractivity contribution in [3.05, 3.63) is 71.8 Å². The molecule has 0 aromatic heterocycles. The lowest BCUT2D eigenvalue weighted by molar-refractivity contribution is -0.138. The van der Waals surface area contributed by atoms with Crippen molar-refractivity contribution in [1.82, 2.24) is 0 Å². The fourth-order valence-corrected chi connectivity index (χ4v) is 3.35. The zero-order chi connectivity index (χ0) is 19.2. The molecule has 1 saturated carbocycles. The molecule has 5 heteroatoms. The molecule has 0 unspecified atom stereocenters. The molecule has 1 aliphatic carbocycles. The Hall–Kier alpha value is -3.08. The van der Waals surface area contributed by atoms with Crippen molar-refractivity contribution in [2.24, 2.45) is 10.9 Å². The van der Waals surface area contributed by atoms with Crippen LogP contribution in [0.3, 0.4) is 0 Å². The Bertz CT molecular complexity index is 827. The van der Waals surface area contributed by atoms with Gasteiger partial charge in [-0.15, -0.1) is 0 Å². The van der Waals surface area contributed by atoms with Gasteiger partial charge in [0.25, 0.3) is 0 Å². The Kier molecular flexibility index (Phi) is 5.91. The first kappa shape index (κ1) is 18.7. The molecular formula is C22H21NO4. The highest BCUT2D eigenvalue weighted by molar-refractivity contribution is 6.16. The maximum Gasteiger partial charge on any atom is 0.328 e. The number of benzene rings is 2. The number of carbonyl (C=O) groups is 3. The minimum atomic E-state index is -1.08. The van der Waals surface area contributed by atoms with Crippen LogP contribution < -0.4 is 0 Å². The number of Topliss-reactive ketones (excluding diaryl/α,β-unsaturated/α-hetero) is 2. The lowest BCUT2D eigenvalue weighted by Crippen LogP contribution is -2.34. The van der Waals surface area contributed by atoms with E-state index in [1.54, 1.807) is 0 Å². The van der Waals surface area contributed by atoms with Gasteiger partial charge in [0.2, 0.25) is 0 Å². The van der Waals surface area contributed by atoms with Crippen LogP contribution in [0.2, 0.25) is 0 Å². The minimum Gasteiger partial charge on any atom is -0.480 e. The predicted molar refractivity (Wildman–Crippen MR) is 102 cm³/mol. The summed E-state index contributed by atoms with van der Waals surface area (Å²) in [5.74, 6) is -2.54. The van der Waals surface area contributed by atoms with Gasteiger partial charge in [0.05, 0.1) is 0 Å². The normalized spacial score (nSPS) is 21.3. The van der Waals surface area contributed by atoms with Gasteiger partial charge in [0, 0.05) is 25.5 Å². The Labute approximate surface area is 157 Å². The highest BCUT2D eigenvalue weighted by Crippen LogP contribution is 2.31. The van der Waals surface area contributed by atoms with Crippen molar-refractivity contribution in [2.75, 3.05) is 0 Å². The topological polar surface area (TPSA) is 83.8 Å². The van der Waals surface area contributed by atoms with E-state index in [-0.39, 0.29) is 36.7 Å². The Morgan fingerprint density at radius 3 is 2.11 bits per heavy atom. The first-order valence-electron chi connectivity index (χ1n) is 8.95. The van der Waals surface area contributed by atoms with E-state index in [9.17, 15) is 19.5 Å². The number of aliphatic imine (C=N–C) groups is 1. The van der Waals surface area contributed by atoms with Crippen molar-refractivity contribution in [2.45, 2.75) is 31.2 Å². The van der Waals surface area contributed by atoms with Crippen LogP contribution in [0.25, 0.3) is 0 Å². The van der Waals surface area contributed by atoms with Gasteiger partial charge in [-0.2, -0.15) is 0 Å². The van der Waals surface area contributed by atoms with Crippen LogP contribution in [0.15, 0.2) is 65.7 Å². The van der Waals surface area contributed by atoms with E-state index >= 15 is 0 Å². The largest absolute Gasteiger partial charge is 0.480 e. The molecule has 0 bridgehead atoms. The van der Waals surface area contributed by atoms with Gasteiger partial charge in [-0.05, 0) is 17.0 Å². The summed E-state index contributed by atoms with van der Waals surface area (Å²) in [5.41, 5.74) is 1.81. The van der Waals surface area contributed by atoms with Gasteiger partial charge in [-0.3, -0.25) is 14.6 Å². The van der Waals surface area contributed by atoms with Crippen molar-refractivity contribution in [3.8, 4) is 0 Å². The molecule has 1 N–H and O–H groups in total. The molecule has 3 rings (SSSR count). The van der Waals surface area contributed by atoms with Crippen LogP contribution in [0.4, 0.5) is 0 Å². The molecule has 0 heterocycles. The summed E-state index contributed by atoms with van der Waals surface area (Å²) < 4.78 is 0. The van der Waals surface area contributed by atoms with Gasteiger partial charge in [0.15, 0.2) is 6.04 Å². The van der Waals surface area contributed by atoms with Gasteiger partial charge < -0.3 is 5.11 Å². The van der Waals surface area contributed by atoms with Crippen LogP contribution in [-0.2, 0) is 20.8 Å². The molecule has 0 saturated heterocycles. The van der Waals surface area contributed by atoms with Crippen LogP contribution in [0, 0.1) is 5.92 Å². The Morgan fingerprint density at radius 1 is 1.00 bits per heavy atom. The number of ketones is 2. The number of carboxylic acids is 1. The lowest BCUT2D eigenvalue weighted by atomic mass is 9.77. The van der Waals surface area contributed by atoms with E-state index in [4.69, 9.17) is 0 Å². The summed E-state index contributed by atoms with van der Waals surface area (Å²) in [6.07, 6.45) is 1.99. The number of carboxylic acid groups (broad SMARTS) is 1. The molecule has 2 aromatic carbocycles. The highest BCUT2D eigenvalue weighted by Gasteiger charge is 2.35. The second-order valence-electron chi connectivity index (χ2n) is 6.77. The van der Waals surface area contributed by atoms with Crippen molar-refractivity contribution in [1.29, 1.82) is 0 Å². The average Bonchev–Trinajstić information content (AvgIpc) is 2.67. The molecule has 1 aliphatic rings. The third-order valence-electron chi connectivity index (χ3n) is 4.83. The van der Waals surface area contributed by atoms with Gasteiger partial charge in [-0.1, -0.05) is 60.7 Å². The van der Waals surface area contributed by atoms with Crippen LogP contribution in [0.1, 0.15) is 29.9 Å². The third-order valence-corrected chi connectivity index (χ3v) is 4.83. The summed E-state index contributed by atoms with van der Waals surface area (Å²) in [7, 11) is 0. The number of carbonyl (C=O) groups excluding carboxylic acids is 2. The SMILES string of the molecule is O=C1CC(c2ccccc2)CC(=O)C1C=N[C@@H](Cc1ccccc1)C(=O)O. The van der Waals surface area contributed by atoms with Gasteiger partial charge in [0.1, 0.15) is 17.5 Å². The van der Waals surface area contributed by atoms with Gasteiger partial charge >= 0.3 is 5.97 Å². The number of aliphatic carboxylic acids is 1. The van der Waals surface area contributed by atoms with Crippen LogP contribution in [-0.4, -0.2) is 34.9 Å². The van der Waals surface area contributed by atoms with Crippen LogP contribution in [0.5, 0.6) is 0 Å². The molecule has 0 spiro atoms. The van der Waals surface area contributed by atoms with E-state index in [0.29, 0.717) is 0 Å². The molecule has 0 amide bonds. The van der Waals surface area contributed by atoms with E-state index < -0.39 is 17.9 Å². The fourth-order valence-electron chi connectivity index (χ4n) is 3.35. The predicted octanol–water partition coefficient (Wildman–Crippen LogP) is 3.09. The maximum absolute atomic E-state index is 12.5. The van der Waals surface area contributed by atoms with E-state index in [0.717, 1.165) is 11.1 Å².